The van der Waals surface area contributed by atoms with E-state index in [9.17, 15) is 9.90 Å². The smallest absolute Gasteiger partial charge is 0.308 e. The predicted octanol–water partition coefficient (Wildman–Crippen LogP) is 5.70. The van der Waals surface area contributed by atoms with Crippen LogP contribution in [0, 0.1) is 26.7 Å². The number of fused-ring (bicyclic) bond motifs is 1. The summed E-state index contributed by atoms with van der Waals surface area (Å²) in [7, 11) is 0. The average molecular weight is 556 g/mol. The first-order valence-electron chi connectivity index (χ1n) is 15.0. The molecule has 0 aliphatic carbocycles. The Morgan fingerprint density at radius 2 is 1.88 bits per heavy atom. The van der Waals surface area contributed by atoms with Crippen LogP contribution in [0.1, 0.15) is 52.6 Å². The van der Waals surface area contributed by atoms with Gasteiger partial charge in [-0.15, -0.1) is 0 Å². The molecule has 0 spiro atoms. The first-order valence-corrected chi connectivity index (χ1v) is 15.0. The Morgan fingerprint density at radius 3 is 2.66 bits per heavy atom. The highest BCUT2D eigenvalue weighted by atomic mass is 16.5. The molecule has 1 unspecified atom stereocenters. The van der Waals surface area contributed by atoms with E-state index < -0.39 is 5.97 Å². The van der Waals surface area contributed by atoms with Gasteiger partial charge in [-0.05, 0) is 98.5 Å². The first-order chi connectivity index (χ1) is 19.9. The number of aliphatic carboxylic acids is 1. The van der Waals surface area contributed by atoms with E-state index in [2.05, 4.69) is 48.8 Å². The van der Waals surface area contributed by atoms with Gasteiger partial charge in [0.05, 0.1) is 11.6 Å². The fourth-order valence-electron chi connectivity index (χ4n) is 6.77. The van der Waals surface area contributed by atoms with Crippen LogP contribution in [0.4, 0.5) is 5.82 Å². The summed E-state index contributed by atoms with van der Waals surface area (Å²) in [5, 5.41) is 9.43. The standard InChI is InChI=1S/C34H41N3O4/c1-22-7-8-32(29(17-22)31-5-4-6-33(35-31)37-13-9-25(19-37)34(38)39)41-21-26-18-23(2)30-20-36(14-10-28(30)24(26)3)27-11-15-40-16-12-27/h4-8,17-18,25,27H,9-16,19-21H2,1-3H3,(H,38,39). The maximum Gasteiger partial charge on any atom is 0.308 e. The summed E-state index contributed by atoms with van der Waals surface area (Å²) in [6.45, 7) is 12.2. The highest BCUT2D eigenvalue weighted by molar-refractivity contribution is 5.73. The zero-order valence-corrected chi connectivity index (χ0v) is 24.5. The number of aryl methyl sites for hydroxylation is 2. The zero-order valence-electron chi connectivity index (χ0n) is 24.5. The molecule has 1 aromatic heterocycles. The maximum atomic E-state index is 11.5. The quantitative estimate of drug-likeness (QED) is 0.401. The minimum atomic E-state index is -0.734. The lowest BCUT2D eigenvalue weighted by molar-refractivity contribution is -0.140. The van der Waals surface area contributed by atoms with Crippen LogP contribution in [-0.2, 0) is 29.1 Å². The van der Waals surface area contributed by atoms with Crippen molar-refractivity contribution >= 4 is 11.8 Å². The molecule has 0 amide bonds. The number of rotatable bonds is 7. The average Bonchev–Trinajstić information content (AvgIpc) is 3.50. The van der Waals surface area contributed by atoms with Crippen molar-refractivity contribution in [2.24, 2.45) is 5.92 Å². The van der Waals surface area contributed by atoms with Gasteiger partial charge < -0.3 is 19.5 Å². The number of hydrogen-bond acceptors (Lipinski definition) is 6. The highest BCUT2D eigenvalue weighted by Crippen LogP contribution is 2.35. The van der Waals surface area contributed by atoms with E-state index in [-0.39, 0.29) is 5.92 Å². The van der Waals surface area contributed by atoms with Crippen LogP contribution in [0.15, 0.2) is 42.5 Å². The topological polar surface area (TPSA) is 75.1 Å². The number of hydrogen-bond donors (Lipinski definition) is 1. The lowest BCUT2D eigenvalue weighted by atomic mass is 9.87. The number of benzene rings is 2. The van der Waals surface area contributed by atoms with Crippen LogP contribution in [0.3, 0.4) is 0 Å². The molecule has 0 radical (unpaired) electrons. The van der Waals surface area contributed by atoms with E-state index in [1.54, 1.807) is 0 Å². The molecule has 3 aliphatic heterocycles. The Hall–Kier alpha value is -3.42. The normalized spacial score (nSPS) is 19.8. The van der Waals surface area contributed by atoms with Crippen LogP contribution in [0.5, 0.6) is 5.75 Å². The van der Waals surface area contributed by atoms with E-state index in [1.807, 2.05) is 24.3 Å². The van der Waals surface area contributed by atoms with Crippen molar-refractivity contribution in [2.75, 3.05) is 37.7 Å². The van der Waals surface area contributed by atoms with E-state index in [0.717, 1.165) is 74.0 Å². The number of carboxylic acids is 1. The van der Waals surface area contributed by atoms with Gasteiger partial charge in [-0.2, -0.15) is 0 Å². The fraction of sp³-hybridized carbons (Fsp3) is 0.471. The predicted molar refractivity (Wildman–Crippen MR) is 161 cm³/mol. The van der Waals surface area contributed by atoms with E-state index in [1.165, 1.54) is 27.8 Å². The number of nitrogens with zero attached hydrogens (tertiary/aromatic N) is 3. The van der Waals surface area contributed by atoms with Crippen LogP contribution >= 0.6 is 0 Å². The molecule has 0 saturated carbocycles. The van der Waals surface area contributed by atoms with Crippen molar-refractivity contribution in [1.29, 1.82) is 0 Å². The van der Waals surface area contributed by atoms with Gasteiger partial charge in [0, 0.05) is 51.0 Å². The third-order valence-corrected chi connectivity index (χ3v) is 9.27. The molecule has 6 rings (SSSR count). The van der Waals surface area contributed by atoms with Gasteiger partial charge in [-0.25, -0.2) is 4.98 Å². The summed E-state index contributed by atoms with van der Waals surface area (Å²) in [5.41, 5.74) is 9.88. The van der Waals surface area contributed by atoms with Gasteiger partial charge in [0.2, 0.25) is 0 Å². The van der Waals surface area contributed by atoms with Crippen molar-refractivity contribution in [3.63, 3.8) is 0 Å². The number of anilines is 1. The Balaban J connectivity index is 1.21. The highest BCUT2D eigenvalue weighted by Gasteiger charge is 2.29. The Kier molecular flexibility index (Phi) is 8.00. The lowest BCUT2D eigenvalue weighted by Crippen LogP contribution is -2.42. The second-order valence-corrected chi connectivity index (χ2v) is 11.9. The van der Waals surface area contributed by atoms with Crippen molar-refractivity contribution in [3.8, 4) is 17.0 Å². The Labute approximate surface area is 243 Å². The molecule has 3 aliphatic rings. The Bertz CT molecular complexity index is 1430. The second-order valence-electron chi connectivity index (χ2n) is 11.9. The molecule has 41 heavy (non-hydrogen) atoms. The molecular weight excluding hydrogens is 514 g/mol. The SMILES string of the molecule is Cc1ccc(OCc2cc(C)c3c(c2C)CCN(C2CCOCC2)C3)c(-c2cccc(N3CCC(C(=O)O)C3)n2)c1. The molecule has 7 nitrogen and oxygen atoms in total. The molecule has 2 fully saturated rings. The molecule has 2 saturated heterocycles. The third-order valence-electron chi connectivity index (χ3n) is 9.27. The van der Waals surface area contributed by atoms with Crippen molar-refractivity contribution in [1.82, 2.24) is 9.88 Å². The summed E-state index contributed by atoms with van der Waals surface area (Å²) in [4.78, 5) is 21.2. The van der Waals surface area contributed by atoms with Gasteiger partial charge in [0.25, 0.3) is 0 Å². The number of aromatic nitrogens is 1. The zero-order chi connectivity index (χ0) is 28.5. The van der Waals surface area contributed by atoms with E-state index in [0.29, 0.717) is 32.2 Å². The van der Waals surface area contributed by atoms with Gasteiger partial charge in [-0.3, -0.25) is 9.69 Å². The summed E-state index contributed by atoms with van der Waals surface area (Å²) >= 11 is 0. The minimum Gasteiger partial charge on any atom is -0.488 e. The largest absolute Gasteiger partial charge is 0.488 e. The van der Waals surface area contributed by atoms with E-state index in [4.69, 9.17) is 14.5 Å². The Morgan fingerprint density at radius 1 is 1.05 bits per heavy atom. The maximum absolute atomic E-state index is 11.5. The van der Waals surface area contributed by atoms with Crippen molar-refractivity contribution < 1.29 is 19.4 Å². The summed E-state index contributed by atoms with van der Waals surface area (Å²) < 4.78 is 12.1. The number of ether oxygens (including phenoxy) is 2. The summed E-state index contributed by atoms with van der Waals surface area (Å²) in [6.07, 6.45) is 4.00. The van der Waals surface area contributed by atoms with E-state index >= 15 is 0 Å². The van der Waals surface area contributed by atoms with Gasteiger partial charge in [-0.1, -0.05) is 23.8 Å². The van der Waals surface area contributed by atoms with Crippen LogP contribution in [-0.4, -0.2) is 59.8 Å². The van der Waals surface area contributed by atoms with Crippen molar-refractivity contribution in [2.45, 2.75) is 65.6 Å². The summed E-state index contributed by atoms with van der Waals surface area (Å²) in [6, 6.07) is 15.2. The fourth-order valence-corrected chi connectivity index (χ4v) is 6.77. The minimum absolute atomic E-state index is 0.341. The van der Waals surface area contributed by atoms with Crippen LogP contribution in [0.2, 0.25) is 0 Å². The monoisotopic (exact) mass is 555 g/mol. The molecule has 3 aromatic rings. The molecule has 0 bridgehead atoms. The van der Waals surface area contributed by atoms with Crippen molar-refractivity contribution in [3.05, 3.63) is 75.8 Å². The molecular formula is C34H41N3O4. The molecule has 216 valence electrons. The molecule has 2 aromatic carbocycles. The molecule has 1 atom stereocenters. The molecule has 4 heterocycles. The second kappa shape index (κ2) is 11.8. The van der Waals surface area contributed by atoms with Gasteiger partial charge >= 0.3 is 5.97 Å². The third kappa shape index (κ3) is 5.84. The molecule has 7 heteroatoms. The van der Waals surface area contributed by atoms with Crippen LogP contribution < -0.4 is 9.64 Å². The number of carboxylic acid groups (broad SMARTS) is 1. The summed E-state index contributed by atoms with van der Waals surface area (Å²) in [5.74, 6) is 0.550. The first kappa shape index (κ1) is 27.7. The van der Waals surface area contributed by atoms with Gasteiger partial charge in [0.1, 0.15) is 18.2 Å². The number of pyridine rings is 1. The van der Waals surface area contributed by atoms with Crippen LogP contribution in [0.25, 0.3) is 11.3 Å². The molecule has 1 N–H and O–H groups in total. The number of carbonyl (C=O) groups is 1. The van der Waals surface area contributed by atoms with Gasteiger partial charge in [0.15, 0.2) is 0 Å². The lowest BCUT2D eigenvalue weighted by Gasteiger charge is -2.39.